The fourth-order valence-electron chi connectivity index (χ4n) is 3.19. The van der Waals surface area contributed by atoms with Gasteiger partial charge < -0.3 is 15.0 Å². The van der Waals surface area contributed by atoms with Crippen molar-refractivity contribution in [3.8, 4) is 0 Å². The smallest absolute Gasteiger partial charge is 0.0503 e. The lowest BCUT2D eigenvalue weighted by molar-refractivity contribution is 0.152. The van der Waals surface area contributed by atoms with Gasteiger partial charge in [0.15, 0.2) is 0 Å². The van der Waals surface area contributed by atoms with E-state index in [1.165, 1.54) is 29.7 Å². The monoisotopic (exact) mass is 276 g/mol. The fourth-order valence-corrected chi connectivity index (χ4v) is 3.19. The number of likely N-dealkylation sites (tertiary alicyclic amines) is 1. The van der Waals surface area contributed by atoms with Gasteiger partial charge in [-0.05, 0) is 50.9 Å². The highest BCUT2D eigenvalue weighted by Gasteiger charge is 2.25. The van der Waals surface area contributed by atoms with Crippen molar-refractivity contribution in [1.82, 2.24) is 10.2 Å². The Labute approximate surface area is 123 Å². The van der Waals surface area contributed by atoms with Gasteiger partial charge in [-0.3, -0.25) is 0 Å². The Morgan fingerprint density at radius 2 is 2.20 bits per heavy atom. The summed E-state index contributed by atoms with van der Waals surface area (Å²) in [5, 5.41) is 3.49. The molecule has 1 aromatic carbocycles. The zero-order valence-corrected chi connectivity index (χ0v) is 13.3. The van der Waals surface area contributed by atoms with E-state index in [-0.39, 0.29) is 0 Å². The van der Waals surface area contributed by atoms with Crippen LogP contribution in [0.2, 0.25) is 0 Å². The van der Waals surface area contributed by atoms with E-state index in [1.54, 1.807) is 7.11 Å². The van der Waals surface area contributed by atoms with Crippen LogP contribution in [-0.2, 0) is 4.74 Å². The van der Waals surface area contributed by atoms with Crippen LogP contribution in [0.3, 0.4) is 0 Å². The molecule has 0 aromatic heterocycles. The summed E-state index contributed by atoms with van der Waals surface area (Å²) in [7, 11) is 3.87. The van der Waals surface area contributed by atoms with E-state index >= 15 is 0 Å². The van der Waals surface area contributed by atoms with Crippen LogP contribution < -0.4 is 5.32 Å². The number of benzene rings is 1. The van der Waals surface area contributed by atoms with Crippen LogP contribution in [0.1, 0.15) is 29.2 Å². The minimum atomic E-state index is 0.413. The molecule has 0 radical (unpaired) electrons. The minimum absolute atomic E-state index is 0.413. The third-order valence-electron chi connectivity index (χ3n) is 4.37. The molecule has 1 aliphatic rings. The number of hydrogen-bond acceptors (Lipinski definition) is 3. The summed E-state index contributed by atoms with van der Waals surface area (Å²) >= 11 is 0. The molecule has 1 fully saturated rings. The Kier molecular flexibility index (Phi) is 5.58. The van der Waals surface area contributed by atoms with E-state index in [0.29, 0.717) is 12.0 Å². The van der Waals surface area contributed by atoms with E-state index in [9.17, 15) is 0 Å². The molecule has 112 valence electrons. The maximum absolute atomic E-state index is 5.28. The lowest BCUT2D eigenvalue weighted by atomic mass is 9.98. The normalized spacial score (nSPS) is 21.3. The molecule has 0 aliphatic carbocycles. The number of nitrogens with one attached hydrogen (secondary N) is 1. The van der Waals surface area contributed by atoms with E-state index in [0.717, 1.165) is 19.7 Å². The number of rotatable bonds is 6. The van der Waals surface area contributed by atoms with Gasteiger partial charge in [-0.25, -0.2) is 0 Å². The van der Waals surface area contributed by atoms with Gasteiger partial charge in [0.1, 0.15) is 0 Å². The van der Waals surface area contributed by atoms with Crippen LogP contribution in [0.5, 0.6) is 0 Å². The highest BCUT2D eigenvalue weighted by molar-refractivity contribution is 5.33. The SMILES string of the molecule is CNC(CN1CCC(COC)C1)c1cc(C)ccc1C. The number of likely N-dealkylation sites (N-methyl/N-ethyl adjacent to an activating group) is 1. The van der Waals surface area contributed by atoms with E-state index in [4.69, 9.17) is 4.74 Å². The first-order chi connectivity index (χ1) is 9.63. The van der Waals surface area contributed by atoms with Gasteiger partial charge in [-0.1, -0.05) is 23.8 Å². The number of hydrogen-bond donors (Lipinski definition) is 1. The molecule has 0 amide bonds. The average molecular weight is 276 g/mol. The lowest BCUT2D eigenvalue weighted by Gasteiger charge is -2.25. The predicted molar refractivity (Wildman–Crippen MR) is 84.1 cm³/mol. The molecule has 3 nitrogen and oxygen atoms in total. The first-order valence-electron chi connectivity index (χ1n) is 7.59. The first kappa shape index (κ1) is 15.5. The summed E-state index contributed by atoms with van der Waals surface area (Å²) in [6.07, 6.45) is 1.26. The topological polar surface area (TPSA) is 24.5 Å². The molecule has 20 heavy (non-hydrogen) atoms. The van der Waals surface area contributed by atoms with Gasteiger partial charge in [0, 0.05) is 26.2 Å². The zero-order valence-electron chi connectivity index (χ0n) is 13.3. The standard InChI is InChI=1S/C17H28N2O/c1-13-5-6-14(2)16(9-13)17(18-3)11-19-8-7-15(10-19)12-20-4/h5-6,9,15,17-18H,7-8,10-12H2,1-4H3. The van der Waals surface area contributed by atoms with Crippen molar-refractivity contribution in [3.05, 3.63) is 34.9 Å². The summed E-state index contributed by atoms with van der Waals surface area (Å²) in [6, 6.07) is 7.15. The Morgan fingerprint density at radius 3 is 2.90 bits per heavy atom. The highest BCUT2D eigenvalue weighted by atomic mass is 16.5. The van der Waals surface area contributed by atoms with Crippen molar-refractivity contribution in [3.63, 3.8) is 0 Å². The first-order valence-corrected chi connectivity index (χ1v) is 7.59. The Balaban J connectivity index is 2.01. The zero-order chi connectivity index (χ0) is 14.5. The van der Waals surface area contributed by atoms with Crippen LogP contribution in [0.15, 0.2) is 18.2 Å². The molecular formula is C17H28N2O. The summed E-state index contributed by atoms with van der Waals surface area (Å²) in [5.74, 6) is 0.705. The van der Waals surface area contributed by atoms with Crippen LogP contribution in [0, 0.1) is 19.8 Å². The van der Waals surface area contributed by atoms with Crippen LogP contribution in [0.25, 0.3) is 0 Å². The van der Waals surface area contributed by atoms with Crippen molar-refractivity contribution in [2.75, 3.05) is 40.4 Å². The van der Waals surface area contributed by atoms with Gasteiger partial charge in [0.25, 0.3) is 0 Å². The van der Waals surface area contributed by atoms with Crippen LogP contribution >= 0.6 is 0 Å². The molecule has 0 bridgehead atoms. The Bertz CT molecular complexity index is 433. The van der Waals surface area contributed by atoms with E-state index in [2.05, 4.69) is 49.3 Å². The van der Waals surface area contributed by atoms with Gasteiger partial charge in [0.05, 0.1) is 6.61 Å². The second-order valence-corrected chi connectivity index (χ2v) is 6.07. The molecule has 2 unspecified atom stereocenters. The second kappa shape index (κ2) is 7.21. The molecule has 1 heterocycles. The molecule has 0 saturated carbocycles. The van der Waals surface area contributed by atoms with Crippen molar-refractivity contribution in [2.45, 2.75) is 26.3 Å². The molecule has 0 spiro atoms. The summed E-state index contributed by atoms with van der Waals surface area (Å²) < 4.78 is 5.28. The van der Waals surface area contributed by atoms with Crippen LogP contribution in [0.4, 0.5) is 0 Å². The van der Waals surface area contributed by atoms with Gasteiger partial charge in [0.2, 0.25) is 0 Å². The maximum Gasteiger partial charge on any atom is 0.0503 e. The minimum Gasteiger partial charge on any atom is -0.384 e. The number of methoxy groups -OCH3 is 1. The largest absolute Gasteiger partial charge is 0.384 e. The van der Waals surface area contributed by atoms with Crippen molar-refractivity contribution in [1.29, 1.82) is 0 Å². The van der Waals surface area contributed by atoms with Gasteiger partial charge in [-0.2, -0.15) is 0 Å². The van der Waals surface area contributed by atoms with Crippen LogP contribution in [-0.4, -0.2) is 45.3 Å². The van der Waals surface area contributed by atoms with Gasteiger partial charge >= 0.3 is 0 Å². The summed E-state index contributed by atoms with van der Waals surface area (Å²) in [6.45, 7) is 8.70. The maximum atomic E-state index is 5.28. The summed E-state index contributed by atoms with van der Waals surface area (Å²) in [4.78, 5) is 2.56. The third-order valence-corrected chi connectivity index (χ3v) is 4.37. The second-order valence-electron chi connectivity index (χ2n) is 6.07. The third kappa shape index (κ3) is 3.81. The Hall–Kier alpha value is -0.900. The molecule has 2 atom stereocenters. The summed E-state index contributed by atoms with van der Waals surface area (Å²) in [5.41, 5.74) is 4.15. The van der Waals surface area contributed by atoms with Crippen molar-refractivity contribution in [2.24, 2.45) is 5.92 Å². The molecular weight excluding hydrogens is 248 g/mol. The predicted octanol–water partition coefficient (Wildman–Crippen LogP) is 2.53. The van der Waals surface area contributed by atoms with Crippen molar-refractivity contribution >= 4 is 0 Å². The molecule has 1 N–H and O–H groups in total. The number of nitrogens with zero attached hydrogens (tertiary/aromatic N) is 1. The number of aryl methyl sites for hydroxylation is 2. The molecule has 1 saturated heterocycles. The lowest BCUT2D eigenvalue weighted by Crippen LogP contribution is -2.33. The quantitative estimate of drug-likeness (QED) is 0.864. The molecule has 3 heteroatoms. The van der Waals surface area contributed by atoms with E-state index < -0.39 is 0 Å². The van der Waals surface area contributed by atoms with E-state index in [1.807, 2.05) is 0 Å². The molecule has 1 aliphatic heterocycles. The number of ether oxygens (including phenoxy) is 1. The average Bonchev–Trinajstić information content (AvgIpc) is 2.87. The van der Waals surface area contributed by atoms with Crippen molar-refractivity contribution < 1.29 is 4.74 Å². The highest BCUT2D eigenvalue weighted by Crippen LogP contribution is 2.23. The molecule has 2 rings (SSSR count). The Morgan fingerprint density at radius 1 is 1.40 bits per heavy atom. The fraction of sp³-hybridized carbons (Fsp3) is 0.647. The van der Waals surface area contributed by atoms with Gasteiger partial charge in [-0.15, -0.1) is 0 Å². The molecule has 1 aromatic rings.